The number of methoxy groups -OCH3 is 1. The summed E-state index contributed by atoms with van der Waals surface area (Å²) in [6.07, 6.45) is 0.687. The van der Waals surface area contributed by atoms with Gasteiger partial charge in [-0.25, -0.2) is 0 Å². The highest BCUT2D eigenvalue weighted by atomic mass is 28.4. The van der Waals surface area contributed by atoms with Crippen LogP contribution in [-0.2, 0) is 18.7 Å². The number of rotatable bonds is 5. The molecule has 0 aromatic rings. The van der Waals surface area contributed by atoms with Crippen molar-refractivity contribution >= 4 is 14.3 Å². The molecule has 1 aliphatic rings. The first-order chi connectivity index (χ1) is 10.7. The normalized spacial score (nSPS) is 26.7. The molecule has 3 atom stereocenters. The van der Waals surface area contributed by atoms with Crippen LogP contribution in [0.4, 0.5) is 0 Å². The van der Waals surface area contributed by atoms with Gasteiger partial charge in [-0.05, 0) is 45.8 Å². The molecule has 1 aliphatic heterocycles. The van der Waals surface area contributed by atoms with Crippen molar-refractivity contribution in [3.8, 4) is 0 Å². The molecule has 1 heterocycles. The first-order valence-electron chi connectivity index (χ1n) is 8.85. The molecule has 24 heavy (non-hydrogen) atoms. The number of nitrogens with zero attached hydrogens (tertiary/aromatic N) is 1. The van der Waals surface area contributed by atoms with Crippen LogP contribution >= 0.6 is 0 Å². The Hall–Kier alpha value is -0.433. The minimum absolute atomic E-state index is 0.0264. The highest BCUT2D eigenvalue weighted by molar-refractivity contribution is 6.74. The maximum atomic E-state index is 12.2. The van der Waals surface area contributed by atoms with Crippen LogP contribution in [0.25, 0.3) is 0 Å². The van der Waals surface area contributed by atoms with Crippen molar-refractivity contribution in [2.75, 3.05) is 13.8 Å². The van der Waals surface area contributed by atoms with E-state index < -0.39 is 8.32 Å². The molecular weight excluding hydrogens is 322 g/mol. The Morgan fingerprint density at radius 1 is 1.17 bits per heavy atom. The number of ether oxygens (including phenoxy) is 2. The fourth-order valence-electron chi connectivity index (χ4n) is 2.59. The first kappa shape index (κ1) is 21.6. The molecule has 0 aliphatic carbocycles. The van der Waals surface area contributed by atoms with Gasteiger partial charge in [0.1, 0.15) is 12.8 Å². The van der Waals surface area contributed by atoms with Crippen LogP contribution in [0, 0.1) is 0 Å². The molecule has 0 unspecified atom stereocenters. The van der Waals surface area contributed by atoms with Gasteiger partial charge in [-0.2, -0.15) is 0 Å². The van der Waals surface area contributed by atoms with Gasteiger partial charge in [-0.3, -0.25) is 9.69 Å². The second-order valence-electron chi connectivity index (χ2n) is 9.33. The van der Waals surface area contributed by atoms with Gasteiger partial charge >= 0.3 is 5.97 Å². The smallest absolute Gasteiger partial charge is 0.323 e. The summed E-state index contributed by atoms with van der Waals surface area (Å²) in [5, 5.41) is 0.142. The highest BCUT2D eigenvalue weighted by Crippen LogP contribution is 2.40. The number of hydrogen-bond acceptors (Lipinski definition) is 5. The molecule has 1 fully saturated rings. The van der Waals surface area contributed by atoms with Gasteiger partial charge in [0, 0.05) is 12.5 Å². The summed E-state index contributed by atoms with van der Waals surface area (Å²) in [4.78, 5) is 14.3. The standard InChI is InChI=1S/C18H37NO4Si/c1-13-15(23-24(9,10)18(5,6)7)11-14(16(20)21-8)19(13)12-22-17(2,3)4/h13-15H,11-12H2,1-10H3/t13-,14-,15+/m0/s1. The van der Waals surface area contributed by atoms with E-state index in [4.69, 9.17) is 13.9 Å². The molecule has 0 saturated carbocycles. The molecule has 142 valence electrons. The quantitative estimate of drug-likeness (QED) is 0.552. The van der Waals surface area contributed by atoms with Crippen molar-refractivity contribution < 1.29 is 18.7 Å². The van der Waals surface area contributed by atoms with E-state index in [0.29, 0.717) is 13.2 Å². The van der Waals surface area contributed by atoms with Gasteiger partial charge in [0.05, 0.1) is 18.8 Å². The van der Waals surface area contributed by atoms with Crippen molar-refractivity contribution in [3.63, 3.8) is 0 Å². The van der Waals surface area contributed by atoms with Crippen LogP contribution in [0.2, 0.25) is 18.1 Å². The lowest BCUT2D eigenvalue weighted by Gasteiger charge is -2.40. The molecule has 0 bridgehead atoms. The van der Waals surface area contributed by atoms with Crippen molar-refractivity contribution in [2.45, 2.75) is 96.8 Å². The van der Waals surface area contributed by atoms with Crippen molar-refractivity contribution in [3.05, 3.63) is 0 Å². The Morgan fingerprint density at radius 2 is 1.71 bits per heavy atom. The van der Waals surface area contributed by atoms with Gasteiger partial charge in [-0.1, -0.05) is 20.8 Å². The Balaban J connectivity index is 2.93. The van der Waals surface area contributed by atoms with E-state index in [-0.39, 0.29) is 34.8 Å². The van der Waals surface area contributed by atoms with E-state index in [1.165, 1.54) is 7.11 Å². The lowest BCUT2D eigenvalue weighted by Crippen LogP contribution is -2.48. The second kappa shape index (κ2) is 7.44. The summed E-state index contributed by atoms with van der Waals surface area (Å²) >= 11 is 0. The van der Waals surface area contributed by atoms with Crippen LogP contribution in [0.15, 0.2) is 0 Å². The number of carbonyl (C=O) groups excluding carboxylic acids is 1. The maximum Gasteiger partial charge on any atom is 0.323 e. The second-order valence-corrected chi connectivity index (χ2v) is 14.1. The van der Waals surface area contributed by atoms with Crippen molar-refractivity contribution in [1.82, 2.24) is 4.90 Å². The molecule has 6 heteroatoms. The van der Waals surface area contributed by atoms with Crippen LogP contribution in [0.5, 0.6) is 0 Å². The van der Waals surface area contributed by atoms with Crippen LogP contribution < -0.4 is 0 Å². The van der Waals surface area contributed by atoms with E-state index in [9.17, 15) is 4.79 Å². The predicted molar refractivity (Wildman–Crippen MR) is 99.5 cm³/mol. The van der Waals surface area contributed by atoms with Gasteiger partial charge in [0.25, 0.3) is 0 Å². The molecule has 0 spiro atoms. The molecule has 0 aromatic carbocycles. The summed E-state index contributed by atoms with van der Waals surface area (Å²) in [6.45, 7) is 19.8. The fraction of sp³-hybridized carbons (Fsp3) is 0.944. The third-order valence-corrected chi connectivity index (χ3v) is 9.79. The zero-order valence-electron chi connectivity index (χ0n) is 17.2. The van der Waals surface area contributed by atoms with E-state index in [1.807, 2.05) is 20.8 Å². The first-order valence-corrected chi connectivity index (χ1v) is 11.8. The summed E-state index contributed by atoms with van der Waals surface area (Å²) in [5.41, 5.74) is -0.251. The average Bonchev–Trinajstić information content (AvgIpc) is 2.70. The molecule has 5 nitrogen and oxygen atoms in total. The Labute approximate surface area is 149 Å². The van der Waals surface area contributed by atoms with Crippen molar-refractivity contribution in [1.29, 1.82) is 0 Å². The fourth-order valence-corrected chi connectivity index (χ4v) is 4.00. The number of esters is 1. The van der Waals surface area contributed by atoms with Crippen molar-refractivity contribution in [2.24, 2.45) is 0 Å². The number of carbonyl (C=O) groups is 1. The lowest BCUT2D eigenvalue weighted by atomic mass is 10.1. The van der Waals surface area contributed by atoms with E-state index >= 15 is 0 Å². The number of likely N-dealkylation sites (tertiary alicyclic amines) is 1. The Bertz CT molecular complexity index is 439. The molecule has 1 rings (SSSR count). The minimum Gasteiger partial charge on any atom is -0.468 e. The molecule has 0 aromatic heterocycles. The largest absolute Gasteiger partial charge is 0.468 e. The molecule has 0 N–H and O–H groups in total. The minimum atomic E-state index is -1.90. The Morgan fingerprint density at radius 3 is 2.12 bits per heavy atom. The maximum absolute atomic E-state index is 12.2. The van der Waals surface area contributed by atoms with Gasteiger partial charge in [-0.15, -0.1) is 0 Å². The zero-order valence-corrected chi connectivity index (χ0v) is 18.2. The average molecular weight is 360 g/mol. The third kappa shape index (κ3) is 5.28. The summed E-state index contributed by atoms with van der Waals surface area (Å²) < 4.78 is 17.5. The van der Waals surface area contributed by atoms with Gasteiger partial charge in [0.2, 0.25) is 0 Å². The Kier molecular flexibility index (Phi) is 6.70. The van der Waals surface area contributed by atoms with E-state index in [1.54, 1.807) is 0 Å². The molecule has 0 amide bonds. The molecular formula is C18H37NO4Si. The van der Waals surface area contributed by atoms with E-state index in [0.717, 1.165) is 0 Å². The summed E-state index contributed by atoms with van der Waals surface area (Å²) in [7, 11) is -0.453. The zero-order chi connectivity index (χ0) is 18.9. The van der Waals surface area contributed by atoms with Crippen LogP contribution in [-0.4, -0.2) is 56.8 Å². The predicted octanol–water partition coefficient (Wildman–Crippen LogP) is 3.79. The summed E-state index contributed by atoms with van der Waals surface area (Å²) in [5.74, 6) is -0.208. The topological polar surface area (TPSA) is 48.0 Å². The molecule has 1 saturated heterocycles. The lowest BCUT2D eigenvalue weighted by molar-refractivity contribution is -0.151. The van der Waals surface area contributed by atoms with E-state index in [2.05, 4.69) is 45.7 Å². The number of hydrogen-bond donors (Lipinski definition) is 0. The monoisotopic (exact) mass is 359 g/mol. The summed E-state index contributed by atoms with van der Waals surface area (Å²) in [6, 6.07) is -0.187. The SMILES string of the molecule is COC(=O)[C@@H]1C[C@@H](O[Si](C)(C)C(C)(C)C)[C@H](C)N1COC(C)(C)C. The van der Waals surface area contributed by atoms with Crippen LogP contribution in [0.3, 0.4) is 0 Å². The van der Waals surface area contributed by atoms with Gasteiger partial charge < -0.3 is 13.9 Å². The molecule has 0 radical (unpaired) electrons. The third-order valence-electron chi connectivity index (χ3n) is 5.29. The highest BCUT2D eigenvalue weighted by Gasteiger charge is 2.48. The van der Waals surface area contributed by atoms with Crippen LogP contribution in [0.1, 0.15) is 54.9 Å². The van der Waals surface area contributed by atoms with Gasteiger partial charge in [0.15, 0.2) is 8.32 Å².